The zero-order valence-corrected chi connectivity index (χ0v) is 14.2. The van der Waals surface area contributed by atoms with E-state index in [9.17, 15) is 14.7 Å². The number of carbonyl (C=O) groups is 1. The highest BCUT2D eigenvalue weighted by Gasteiger charge is 2.43. The van der Waals surface area contributed by atoms with Gasteiger partial charge in [-0.1, -0.05) is 12.1 Å². The number of aliphatic hydroxyl groups excluding tert-OH is 1. The zero-order chi connectivity index (χ0) is 18.1. The molecule has 2 heterocycles. The molecule has 6 heteroatoms. The number of rotatable bonds is 0. The van der Waals surface area contributed by atoms with E-state index in [2.05, 4.69) is 0 Å². The number of carbonyl (C=O) groups excluding carboxylic acids is 1. The van der Waals surface area contributed by atoms with Crippen LogP contribution in [-0.2, 0) is 7.05 Å². The van der Waals surface area contributed by atoms with Crippen LogP contribution in [0.15, 0.2) is 35.1 Å². The van der Waals surface area contributed by atoms with Gasteiger partial charge in [0.05, 0.1) is 22.0 Å². The lowest BCUT2D eigenvalue weighted by molar-refractivity contribution is -0.0246. The summed E-state index contributed by atoms with van der Waals surface area (Å²) in [7, 11) is 1.77. The van der Waals surface area contributed by atoms with Gasteiger partial charge in [0.25, 0.3) is 0 Å². The highest BCUT2D eigenvalue weighted by molar-refractivity contribution is 6.16. The molecule has 3 N–H and O–H groups in total. The van der Waals surface area contributed by atoms with Crippen LogP contribution in [0.3, 0.4) is 0 Å². The van der Waals surface area contributed by atoms with Gasteiger partial charge in [0.15, 0.2) is 11.5 Å². The average molecular weight is 338 g/mol. The molecule has 2 aromatic carbocycles. The van der Waals surface area contributed by atoms with Crippen LogP contribution in [0.2, 0.25) is 0 Å². The van der Waals surface area contributed by atoms with E-state index in [4.69, 9.17) is 10.5 Å². The van der Waals surface area contributed by atoms with Gasteiger partial charge in [0.2, 0.25) is 5.78 Å². The van der Waals surface area contributed by atoms with Crippen LogP contribution < -0.4 is 15.9 Å². The number of aliphatic hydroxyl groups is 1. The van der Waals surface area contributed by atoms with Crippen LogP contribution in [0.5, 0.6) is 5.75 Å². The Kier molecular flexibility index (Phi) is 3.02. The van der Waals surface area contributed by atoms with Crippen molar-refractivity contribution in [3.05, 3.63) is 46.1 Å². The Labute approximate surface area is 143 Å². The maximum absolute atomic E-state index is 13.0. The lowest BCUT2D eigenvalue weighted by Crippen LogP contribution is -2.50. The molecule has 0 fully saturated rings. The number of hydrogen-bond acceptors (Lipinski definition) is 5. The van der Waals surface area contributed by atoms with Crippen LogP contribution in [0.25, 0.3) is 21.8 Å². The maximum Gasteiger partial charge on any atom is 0.201 e. The smallest absolute Gasteiger partial charge is 0.201 e. The van der Waals surface area contributed by atoms with E-state index in [1.165, 1.54) is 6.07 Å². The topological polar surface area (TPSA) is 94.6 Å². The summed E-state index contributed by atoms with van der Waals surface area (Å²) in [5.41, 5.74) is 6.35. The number of pyridine rings is 1. The summed E-state index contributed by atoms with van der Waals surface area (Å²) in [5.74, 6) is -0.183. The minimum Gasteiger partial charge on any atom is -0.484 e. The molecule has 3 aromatic rings. The first-order valence-electron chi connectivity index (χ1n) is 7.99. The number of nitrogens with two attached hydrogens (primary N) is 1. The fourth-order valence-electron chi connectivity index (χ4n) is 3.56. The van der Waals surface area contributed by atoms with Gasteiger partial charge in [0.1, 0.15) is 11.4 Å². The fourth-order valence-corrected chi connectivity index (χ4v) is 3.56. The van der Waals surface area contributed by atoms with Gasteiger partial charge in [-0.2, -0.15) is 0 Å². The summed E-state index contributed by atoms with van der Waals surface area (Å²) < 4.78 is 7.59. The molecule has 0 radical (unpaired) electrons. The molecule has 25 heavy (non-hydrogen) atoms. The van der Waals surface area contributed by atoms with Crippen molar-refractivity contribution in [3.63, 3.8) is 0 Å². The van der Waals surface area contributed by atoms with Crippen molar-refractivity contribution in [1.29, 1.82) is 0 Å². The van der Waals surface area contributed by atoms with E-state index in [0.29, 0.717) is 16.4 Å². The zero-order valence-electron chi connectivity index (χ0n) is 14.2. The van der Waals surface area contributed by atoms with Gasteiger partial charge in [0, 0.05) is 24.2 Å². The Hall–Kier alpha value is -2.86. The van der Waals surface area contributed by atoms with Crippen molar-refractivity contribution in [1.82, 2.24) is 4.57 Å². The summed E-state index contributed by atoms with van der Waals surface area (Å²) in [4.78, 5) is 25.8. The molecule has 1 atom stereocenters. The number of para-hydroxylation sites is 1. The van der Waals surface area contributed by atoms with Crippen molar-refractivity contribution in [2.75, 3.05) is 5.73 Å². The highest BCUT2D eigenvalue weighted by atomic mass is 16.5. The number of Topliss-reactive ketones (excluding diaryl/α,β-unsaturated/α-hetero) is 1. The van der Waals surface area contributed by atoms with Crippen LogP contribution in [0.1, 0.15) is 24.2 Å². The first-order valence-corrected chi connectivity index (χ1v) is 7.99. The molecule has 1 aliphatic heterocycles. The molecular formula is C19H18N2O4. The van der Waals surface area contributed by atoms with Crippen molar-refractivity contribution in [3.8, 4) is 5.75 Å². The van der Waals surface area contributed by atoms with E-state index in [-0.39, 0.29) is 27.8 Å². The number of hydrogen-bond donors (Lipinski definition) is 2. The number of anilines is 1. The molecule has 0 bridgehead atoms. The molecule has 1 aliphatic rings. The van der Waals surface area contributed by atoms with Crippen molar-refractivity contribution in [2.24, 2.45) is 7.05 Å². The normalized spacial score (nSPS) is 19.0. The fraction of sp³-hybridized carbons (Fsp3) is 0.263. The van der Waals surface area contributed by atoms with E-state index < -0.39 is 17.5 Å². The Balaban J connectivity index is 2.26. The van der Waals surface area contributed by atoms with Crippen molar-refractivity contribution < 1.29 is 14.6 Å². The Morgan fingerprint density at radius 1 is 1.24 bits per heavy atom. The molecule has 0 amide bonds. The molecule has 4 rings (SSSR count). The summed E-state index contributed by atoms with van der Waals surface area (Å²) in [5, 5.41) is 11.2. The lowest BCUT2D eigenvalue weighted by Gasteiger charge is -2.36. The molecule has 1 unspecified atom stereocenters. The molecule has 0 aliphatic carbocycles. The first-order chi connectivity index (χ1) is 11.7. The van der Waals surface area contributed by atoms with Crippen LogP contribution >= 0.6 is 0 Å². The minimum absolute atomic E-state index is 0.196. The second-order valence-electron chi connectivity index (χ2n) is 6.94. The summed E-state index contributed by atoms with van der Waals surface area (Å²) in [6, 6.07) is 8.64. The number of fused-ring (bicyclic) bond motifs is 4. The third-order valence-electron chi connectivity index (χ3n) is 4.89. The van der Waals surface area contributed by atoms with Crippen molar-refractivity contribution in [2.45, 2.75) is 25.6 Å². The number of nitrogen functional groups attached to an aromatic ring is 1. The van der Waals surface area contributed by atoms with Gasteiger partial charge in [-0.25, -0.2) is 0 Å². The van der Waals surface area contributed by atoms with Gasteiger partial charge in [-0.3, -0.25) is 9.59 Å². The van der Waals surface area contributed by atoms with E-state index in [0.717, 1.165) is 0 Å². The van der Waals surface area contributed by atoms with Crippen LogP contribution in [0.4, 0.5) is 5.69 Å². The Morgan fingerprint density at radius 2 is 1.92 bits per heavy atom. The second kappa shape index (κ2) is 4.83. The number of aromatic nitrogens is 1. The summed E-state index contributed by atoms with van der Waals surface area (Å²) in [6.07, 6.45) is -1.33. The summed E-state index contributed by atoms with van der Waals surface area (Å²) in [6.45, 7) is 3.27. The monoisotopic (exact) mass is 338 g/mol. The molecule has 0 spiro atoms. The van der Waals surface area contributed by atoms with Gasteiger partial charge in [-0.15, -0.1) is 0 Å². The van der Waals surface area contributed by atoms with Crippen LogP contribution in [-0.4, -0.2) is 27.2 Å². The molecule has 6 nitrogen and oxygen atoms in total. The molecule has 1 aromatic heterocycles. The maximum atomic E-state index is 13.0. The second-order valence-corrected chi connectivity index (χ2v) is 6.94. The number of aryl methyl sites for hydroxylation is 1. The molecule has 128 valence electrons. The Bertz CT molecular complexity index is 1130. The molecule has 0 saturated carbocycles. The number of benzene rings is 2. The predicted octanol–water partition coefficient (Wildman–Crippen LogP) is 1.99. The Morgan fingerprint density at radius 3 is 2.64 bits per heavy atom. The standard InChI is InChI=1S/C19H18N2O4/c1-19(2)18(24)17(23)14-12(25-19)8-10(20)13-15(14)21(3)11-7-5-4-6-9(11)16(13)22/h4-8,18,24H,20H2,1-3H3. The molecule has 0 saturated heterocycles. The van der Waals surface area contributed by atoms with Gasteiger partial charge < -0.3 is 20.1 Å². The number of ketones is 1. The SMILES string of the molecule is Cn1c2ccccc2c(=O)c2c(N)cc3c(c21)C(=O)C(O)C(C)(C)O3. The van der Waals surface area contributed by atoms with E-state index >= 15 is 0 Å². The van der Waals surface area contributed by atoms with E-state index in [1.54, 1.807) is 43.7 Å². The number of ether oxygens (including phenoxy) is 1. The summed E-state index contributed by atoms with van der Waals surface area (Å²) >= 11 is 0. The highest BCUT2D eigenvalue weighted by Crippen LogP contribution is 2.40. The van der Waals surface area contributed by atoms with Crippen LogP contribution in [0, 0.1) is 0 Å². The first kappa shape index (κ1) is 15.7. The predicted molar refractivity (Wildman–Crippen MR) is 96.2 cm³/mol. The van der Waals surface area contributed by atoms with E-state index in [1.807, 2.05) is 6.07 Å². The minimum atomic E-state index is -1.33. The third kappa shape index (κ3) is 1.94. The largest absolute Gasteiger partial charge is 0.484 e. The lowest BCUT2D eigenvalue weighted by atomic mass is 9.88. The number of nitrogens with zero attached hydrogens (tertiary/aromatic N) is 1. The van der Waals surface area contributed by atoms with Crippen molar-refractivity contribution >= 4 is 33.3 Å². The third-order valence-corrected chi connectivity index (χ3v) is 4.89. The quantitative estimate of drug-likeness (QED) is 0.483. The average Bonchev–Trinajstić information content (AvgIpc) is 2.56. The van der Waals surface area contributed by atoms with Gasteiger partial charge in [-0.05, 0) is 26.0 Å². The molecular weight excluding hydrogens is 320 g/mol. The van der Waals surface area contributed by atoms with Gasteiger partial charge >= 0.3 is 0 Å².